The Labute approximate surface area is 84.0 Å². The van der Waals surface area contributed by atoms with E-state index in [1.807, 2.05) is 20.2 Å². The van der Waals surface area contributed by atoms with Gasteiger partial charge >= 0.3 is 0 Å². The monoisotopic (exact) mass is 195 g/mol. The second-order valence-corrected chi connectivity index (χ2v) is 3.18. The van der Waals surface area contributed by atoms with Crippen LogP contribution in [0.15, 0.2) is 11.2 Å². The summed E-state index contributed by atoms with van der Waals surface area (Å²) in [5.74, 6) is 6.11. The second kappa shape index (κ2) is 4.76. The number of nitrogens with two attached hydrogens (primary N) is 1. The summed E-state index contributed by atoms with van der Waals surface area (Å²) < 4.78 is 1.75. The molecule has 0 amide bonds. The van der Waals surface area contributed by atoms with Crippen LogP contribution in [0.25, 0.3) is 0 Å². The molecule has 1 aromatic heterocycles. The number of hydrogen-bond acceptors (Lipinski definition) is 3. The first-order chi connectivity index (χ1) is 6.69. The van der Waals surface area contributed by atoms with Crippen molar-refractivity contribution in [2.45, 2.75) is 20.3 Å². The Morgan fingerprint density at radius 3 is 2.86 bits per heavy atom. The summed E-state index contributed by atoms with van der Waals surface area (Å²) in [6.45, 7) is 4.79. The number of aliphatic imine (C=N–C) groups is 1. The summed E-state index contributed by atoms with van der Waals surface area (Å²) in [7, 11) is 1.88. The van der Waals surface area contributed by atoms with Gasteiger partial charge in [0, 0.05) is 19.8 Å². The van der Waals surface area contributed by atoms with Crippen LogP contribution < -0.4 is 11.3 Å². The third-order valence-electron chi connectivity index (χ3n) is 1.90. The summed E-state index contributed by atoms with van der Waals surface area (Å²) in [6.07, 6.45) is 2.91. The predicted octanol–water partition coefficient (Wildman–Crippen LogP) is 0.348. The van der Waals surface area contributed by atoms with Gasteiger partial charge in [0.25, 0.3) is 0 Å². The Kier molecular flexibility index (Phi) is 3.64. The molecule has 0 unspecified atom stereocenters. The van der Waals surface area contributed by atoms with Crippen molar-refractivity contribution in [1.82, 2.24) is 15.2 Å². The van der Waals surface area contributed by atoms with E-state index >= 15 is 0 Å². The molecule has 0 aliphatic heterocycles. The Bertz CT molecular complexity index is 326. The minimum absolute atomic E-state index is 0.706. The number of hydrazine groups is 1. The van der Waals surface area contributed by atoms with E-state index in [4.69, 9.17) is 5.84 Å². The normalized spacial score (nSPS) is 11.9. The topological polar surface area (TPSA) is 68.2 Å². The first-order valence-corrected chi connectivity index (χ1v) is 4.70. The fourth-order valence-electron chi connectivity index (χ4n) is 1.26. The smallest absolute Gasteiger partial charge is 0.145 e. The highest BCUT2D eigenvalue weighted by Crippen LogP contribution is 2.04. The molecule has 1 heterocycles. The van der Waals surface area contributed by atoms with E-state index < -0.39 is 0 Å². The fourth-order valence-corrected chi connectivity index (χ4v) is 1.26. The summed E-state index contributed by atoms with van der Waals surface area (Å²) in [4.78, 5) is 4.33. The Morgan fingerprint density at radius 2 is 2.43 bits per heavy atom. The van der Waals surface area contributed by atoms with E-state index in [1.54, 1.807) is 4.68 Å². The number of nitrogens with zero attached hydrogens (tertiary/aromatic N) is 3. The Hall–Kier alpha value is -1.36. The summed E-state index contributed by atoms with van der Waals surface area (Å²) in [5.41, 5.74) is 4.50. The van der Waals surface area contributed by atoms with Crippen molar-refractivity contribution in [1.29, 1.82) is 0 Å². The standard InChI is InChI=1S/C9H17N5/c1-4-5-11-9(12-10)8-6-14(3)13-7(8)2/h6H,4-5,10H2,1-3H3,(H,11,12). The first-order valence-electron chi connectivity index (χ1n) is 4.70. The van der Waals surface area contributed by atoms with Gasteiger partial charge in [-0.2, -0.15) is 5.10 Å². The number of nitrogens with one attached hydrogen (secondary N) is 1. The van der Waals surface area contributed by atoms with Gasteiger partial charge in [0.1, 0.15) is 5.84 Å². The number of rotatable bonds is 3. The van der Waals surface area contributed by atoms with Crippen molar-refractivity contribution in [2.75, 3.05) is 6.54 Å². The predicted molar refractivity (Wildman–Crippen MR) is 57.0 cm³/mol. The van der Waals surface area contributed by atoms with Gasteiger partial charge < -0.3 is 5.43 Å². The maximum absolute atomic E-state index is 5.41. The molecule has 0 spiro atoms. The van der Waals surface area contributed by atoms with Crippen molar-refractivity contribution < 1.29 is 0 Å². The SMILES string of the molecule is CCCN=C(NN)c1cn(C)nc1C. The van der Waals surface area contributed by atoms with Crippen LogP contribution in [0.2, 0.25) is 0 Å². The second-order valence-electron chi connectivity index (χ2n) is 3.18. The van der Waals surface area contributed by atoms with Gasteiger partial charge in [0.2, 0.25) is 0 Å². The highest BCUT2D eigenvalue weighted by molar-refractivity contribution is 5.99. The third kappa shape index (κ3) is 2.32. The van der Waals surface area contributed by atoms with Crippen LogP contribution in [0.1, 0.15) is 24.6 Å². The lowest BCUT2D eigenvalue weighted by molar-refractivity contribution is 0.756. The number of hydrogen-bond donors (Lipinski definition) is 2. The van der Waals surface area contributed by atoms with Crippen molar-refractivity contribution in [3.8, 4) is 0 Å². The van der Waals surface area contributed by atoms with E-state index in [0.29, 0.717) is 5.84 Å². The maximum Gasteiger partial charge on any atom is 0.145 e. The molecular formula is C9H17N5. The van der Waals surface area contributed by atoms with E-state index in [1.165, 1.54) is 0 Å². The average molecular weight is 195 g/mol. The van der Waals surface area contributed by atoms with Crippen molar-refractivity contribution in [3.63, 3.8) is 0 Å². The zero-order valence-corrected chi connectivity index (χ0v) is 8.91. The van der Waals surface area contributed by atoms with Gasteiger partial charge in [-0.3, -0.25) is 9.67 Å². The molecule has 0 fully saturated rings. The highest BCUT2D eigenvalue weighted by atomic mass is 15.3. The molecule has 5 heteroatoms. The van der Waals surface area contributed by atoms with Crippen LogP contribution in [0.3, 0.4) is 0 Å². The largest absolute Gasteiger partial charge is 0.308 e. The third-order valence-corrected chi connectivity index (χ3v) is 1.90. The molecule has 3 N–H and O–H groups in total. The average Bonchev–Trinajstić information content (AvgIpc) is 2.47. The van der Waals surface area contributed by atoms with Gasteiger partial charge in [0.05, 0.1) is 11.3 Å². The number of aryl methyl sites for hydroxylation is 2. The van der Waals surface area contributed by atoms with E-state index in [9.17, 15) is 0 Å². The zero-order chi connectivity index (χ0) is 10.6. The van der Waals surface area contributed by atoms with Crippen LogP contribution >= 0.6 is 0 Å². The molecule has 5 nitrogen and oxygen atoms in total. The van der Waals surface area contributed by atoms with Crippen molar-refractivity contribution in [3.05, 3.63) is 17.5 Å². The minimum Gasteiger partial charge on any atom is -0.308 e. The van der Waals surface area contributed by atoms with Gasteiger partial charge in [-0.1, -0.05) is 6.92 Å². The van der Waals surface area contributed by atoms with Gasteiger partial charge in [-0.05, 0) is 13.3 Å². The Morgan fingerprint density at radius 1 is 1.71 bits per heavy atom. The van der Waals surface area contributed by atoms with Gasteiger partial charge in [0.15, 0.2) is 0 Å². The molecule has 1 rings (SSSR count). The molecule has 0 aromatic carbocycles. The summed E-state index contributed by atoms with van der Waals surface area (Å²) in [6, 6.07) is 0. The highest BCUT2D eigenvalue weighted by Gasteiger charge is 2.08. The number of aromatic nitrogens is 2. The molecule has 1 aromatic rings. The molecule has 0 saturated heterocycles. The number of amidine groups is 1. The molecule has 0 aliphatic carbocycles. The lowest BCUT2D eigenvalue weighted by atomic mass is 10.2. The van der Waals surface area contributed by atoms with Crippen LogP contribution in [0, 0.1) is 6.92 Å². The van der Waals surface area contributed by atoms with Crippen LogP contribution in [0.4, 0.5) is 0 Å². The van der Waals surface area contributed by atoms with E-state index in [0.717, 1.165) is 24.2 Å². The molecular weight excluding hydrogens is 178 g/mol. The molecule has 0 aliphatic rings. The molecule has 0 atom stereocenters. The molecule has 78 valence electrons. The molecule has 14 heavy (non-hydrogen) atoms. The quantitative estimate of drug-likeness (QED) is 0.316. The summed E-state index contributed by atoms with van der Waals surface area (Å²) in [5, 5.41) is 4.23. The van der Waals surface area contributed by atoms with Crippen molar-refractivity contribution in [2.24, 2.45) is 17.9 Å². The lowest BCUT2D eigenvalue weighted by Crippen LogP contribution is -2.31. The van der Waals surface area contributed by atoms with E-state index in [2.05, 4.69) is 22.4 Å². The van der Waals surface area contributed by atoms with Crippen LogP contribution in [-0.2, 0) is 7.05 Å². The van der Waals surface area contributed by atoms with Gasteiger partial charge in [-0.25, -0.2) is 5.84 Å². The van der Waals surface area contributed by atoms with Crippen LogP contribution in [-0.4, -0.2) is 22.2 Å². The maximum atomic E-state index is 5.41. The van der Waals surface area contributed by atoms with E-state index in [-0.39, 0.29) is 0 Å². The molecule has 0 bridgehead atoms. The minimum atomic E-state index is 0.706. The Balaban J connectivity index is 2.94. The van der Waals surface area contributed by atoms with Crippen molar-refractivity contribution >= 4 is 5.84 Å². The van der Waals surface area contributed by atoms with Gasteiger partial charge in [-0.15, -0.1) is 0 Å². The first kappa shape index (κ1) is 10.7. The van der Waals surface area contributed by atoms with Crippen LogP contribution in [0.5, 0.6) is 0 Å². The zero-order valence-electron chi connectivity index (χ0n) is 8.91. The molecule has 0 radical (unpaired) electrons. The lowest BCUT2D eigenvalue weighted by Gasteiger charge is -2.03. The fraction of sp³-hybridized carbons (Fsp3) is 0.556. The summed E-state index contributed by atoms with van der Waals surface area (Å²) >= 11 is 0. The molecule has 0 saturated carbocycles.